The fourth-order valence-electron chi connectivity index (χ4n) is 3.22. The summed E-state index contributed by atoms with van der Waals surface area (Å²) < 4.78 is 7.37. The lowest BCUT2D eigenvalue weighted by Crippen LogP contribution is -2.46. The highest BCUT2D eigenvalue weighted by Crippen LogP contribution is 2.41. The van der Waals surface area contributed by atoms with Crippen molar-refractivity contribution in [2.24, 2.45) is 0 Å². The Hall–Kier alpha value is -1.48. The van der Waals surface area contributed by atoms with Crippen LogP contribution < -0.4 is 0 Å². The molecule has 0 saturated carbocycles. The molecule has 8 heteroatoms. The molecule has 6 nitrogen and oxygen atoms in total. The van der Waals surface area contributed by atoms with Gasteiger partial charge in [-0.25, -0.2) is 4.98 Å². The van der Waals surface area contributed by atoms with Crippen LogP contribution >= 0.6 is 22.7 Å². The summed E-state index contributed by atoms with van der Waals surface area (Å²) in [6.07, 6.45) is 1.81. The smallest absolute Gasteiger partial charge is 0.230 e. The molecule has 1 aliphatic heterocycles. The van der Waals surface area contributed by atoms with Crippen molar-refractivity contribution >= 4 is 27.6 Å². The highest BCUT2D eigenvalue weighted by atomic mass is 32.1. The Morgan fingerprint density at radius 1 is 1.35 bits per heavy atom. The van der Waals surface area contributed by atoms with Crippen molar-refractivity contribution in [3.8, 4) is 5.88 Å². The molecule has 1 aliphatic rings. The maximum absolute atomic E-state index is 10.6. The van der Waals surface area contributed by atoms with Gasteiger partial charge in [0.15, 0.2) is 0 Å². The highest BCUT2D eigenvalue weighted by molar-refractivity contribution is 7.17. The number of nitrogens with zero attached hydrogens (tertiary/aromatic N) is 4. The van der Waals surface area contributed by atoms with E-state index in [0.29, 0.717) is 4.96 Å². The van der Waals surface area contributed by atoms with Crippen molar-refractivity contribution in [1.82, 2.24) is 19.5 Å². The number of morpholine rings is 1. The van der Waals surface area contributed by atoms with Crippen LogP contribution in [-0.2, 0) is 4.74 Å². The highest BCUT2D eigenvalue weighted by Gasteiger charge is 2.34. The van der Waals surface area contributed by atoms with Gasteiger partial charge >= 0.3 is 0 Å². The number of fused-ring (bicyclic) bond motifs is 1. The molecule has 0 aromatic carbocycles. The summed E-state index contributed by atoms with van der Waals surface area (Å²) >= 11 is 3.20. The molecule has 3 aromatic heterocycles. The van der Waals surface area contributed by atoms with Crippen LogP contribution in [0, 0.1) is 0 Å². The molecule has 0 unspecified atom stereocenters. The van der Waals surface area contributed by atoms with Crippen LogP contribution in [0.4, 0.5) is 0 Å². The van der Waals surface area contributed by atoms with E-state index in [2.05, 4.69) is 40.3 Å². The summed E-state index contributed by atoms with van der Waals surface area (Å²) in [5.41, 5.74) is 0. The first-order valence-electron chi connectivity index (χ1n) is 7.57. The summed E-state index contributed by atoms with van der Waals surface area (Å²) in [5.74, 6) is 0.188. The minimum Gasteiger partial charge on any atom is -0.492 e. The molecule has 3 aromatic rings. The van der Waals surface area contributed by atoms with Crippen molar-refractivity contribution in [2.75, 3.05) is 13.1 Å². The van der Waals surface area contributed by atoms with Gasteiger partial charge < -0.3 is 9.84 Å². The maximum atomic E-state index is 10.6. The quantitative estimate of drug-likeness (QED) is 0.787. The van der Waals surface area contributed by atoms with Gasteiger partial charge in [-0.3, -0.25) is 4.90 Å². The monoisotopic (exact) mass is 350 g/mol. The largest absolute Gasteiger partial charge is 0.492 e. The van der Waals surface area contributed by atoms with E-state index in [1.165, 1.54) is 27.1 Å². The minimum atomic E-state index is 0.0114. The van der Waals surface area contributed by atoms with Gasteiger partial charge in [-0.05, 0) is 25.3 Å². The van der Waals surface area contributed by atoms with Gasteiger partial charge in [-0.1, -0.05) is 17.4 Å². The summed E-state index contributed by atoms with van der Waals surface area (Å²) in [6.45, 7) is 5.85. The maximum Gasteiger partial charge on any atom is 0.230 e. The molecule has 0 amide bonds. The zero-order chi connectivity index (χ0) is 16.0. The van der Waals surface area contributed by atoms with E-state index in [9.17, 15) is 5.11 Å². The predicted octanol–water partition coefficient (Wildman–Crippen LogP) is 2.76. The molecule has 1 N–H and O–H groups in total. The van der Waals surface area contributed by atoms with E-state index >= 15 is 0 Å². The zero-order valence-electron chi connectivity index (χ0n) is 12.9. The van der Waals surface area contributed by atoms with Gasteiger partial charge in [0.25, 0.3) is 0 Å². The normalized spacial score (nSPS) is 24.3. The average molecular weight is 350 g/mol. The topological polar surface area (TPSA) is 62.9 Å². The molecular formula is C15H18N4O2S2. The van der Waals surface area contributed by atoms with Crippen LogP contribution in [0.15, 0.2) is 23.8 Å². The Bertz CT molecular complexity index is 788. The van der Waals surface area contributed by atoms with Gasteiger partial charge in [0.1, 0.15) is 6.33 Å². The summed E-state index contributed by atoms with van der Waals surface area (Å²) in [7, 11) is 0. The number of hydrogen-bond donors (Lipinski definition) is 1. The number of rotatable bonds is 3. The standard InChI is InChI=1S/C15H18N4O2S2/c1-9-6-18(7-10(2)21-9)12(11-4-3-5-22-11)13-14(20)19-15(23-13)16-8-17-19/h3-5,8-10,12,20H,6-7H2,1-2H3/t9-,10-,12-/m1/s1. The second kappa shape index (κ2) is 5.86. The Morgan fingerprint density at radius 2 is 2.13 bits per heavy atom. The van der Waals surface area contributed by atoms with Crippen LogP contribution in [0.2, 0.25) is 0 Å². The second-order valence-corrected chi connectivity index (χ2v) is 7.86. The Morgan fingerprint density at radius 3 is 2.78 bits per heavy atom. The van der Waals surface area contributed by atoms with E-state index < -0.39 is 0 Å². The fraction of sp³-hybridized carbons (Fsp3) is 0.467. The molecule has 0 radical (unpaired) electrons. The van der Waals surface area contributed by atoms with Crippen LogP contribution in [0.25, 0.3) is 4.96 Å². The molecule has 1 saturated heterocycles. The minimum absolute atomic E-state index is 0.0114. The third-order valence-electron chi connectivity index (χ3n) is 4.01. The van der Waals surface area contributed by atoms with E-state index in [4.69, 9.17) is 4.74 Å². The van der Waals surface area contributed by atoms with Crippen molar-refractivity contribution < 1.29 is 9.84 Å². The average Bonchev–Trinajstić information content (AvgIpc) is 3.20. The molecule has 1 fully saturated rings. The number of thiophene rings is 1. The van der Waals surface area contributed by atoms with Crippen molar-refractivity contribution in [1.29, 1.82) is 0 Å². The van der Waals surface area contributed by atoms with Crippen LogP contribution in [-0.4, -0.2) is 49.9 Å². The third kappa shape index (κ3) is 2.65. The summed E-state index contributed by atoms with van der Waals surface area (Å²) in [4.78, 5) is 9.42. The lowest BCUT2D eigenvalue weighted by Gasteiger charge is -2.39. The Labute approximate surface area is 142 Å². The molecular weight excluding hydrogens is 332 g/mol. The number of ether oxygens (including phenoxy) is 1. The van der Waals surface area contributed by atoms with Gasteiger partial charge in [0, 0.05) is 18.0 Å². The van der Waals surface area contributed by atoms with E-state index in [1.54, 1.807) is 11.3 Å². The van der Waals surface area contributed by atoms with Gasteiger partial charge in [0.2, 0.25) is 10.8 Å². The van der Waals surface area contributed by atoms with Gasteiger partial charge in [0.05, 0.1) is 23.1 Å². The number of aromatic hydroxyl groups is 1. The van der Waals surface area contributed by atoms with E-state index in [1.807, 2.05) is 6.07 Å². The molecule has 0 bridgehead atoms. The van der Waals surface area contributed by atoms with Crippen LogP contribution in [0.3, 0.4) is 0 Å². The predicted molar refractivity (Wildman–Crippen MR) is 90.3 cm³/mol. The molecule has 122 valence electrons. The lowest BCUT2D eigenvalue weighted by atomic mass is 10.1. The Balaban J connectivity index is 1.79. The molecule has 0 aliphatic carbocycles. The van der Waals surface area contributed by atoms with Crippen molar-refractivity contribution in [2.45, 2.75) is 32.1 Å². The first-order valence-corrected chi connectivity index (χ1v) is 9.27. The molecule has 23 heavy (non-hydrogen) atoms. The first-order chi connectivity index (χ1) is 11.1. The van der Waals surface area contributed by atoms with E-state index in [0.717, 1.165) is 18.0 Å². The lowest BCUT2D eigenvalue weighted by molar-refractivity contribution is -0.0761. The SMILES string of the molecule is C[C@@H]1CN([C@H](c2cccs2)c2sc3ncnn3c2O)C[C@@H](C)O1. The summed E-state index contributed by atoms with van der Waals surface area (Å²) in [5, 5.41) is 16.8. The van der Waals surface area contributed by atoms with Crippen LogP contribution in [0.1, 0.15) is 29.6 Å². The molecule has 3 atom stereocenters. The molecule has 0 spiro atoms. The van der Waals surface area contributed by atoms with Gasteiger partial charge in [-0.2, -0.15) is 9.61 Å². The molecule has 4 rings (SSSR count). The number of thiazole rings is 1. The van der Waals surface area contributed by atoms with Crippen molar-refractivity contribution in [3.63, 3.8) is 0 Å². The third-order valence-corrected chi connectivity index (χ3v) is 6.02. The molecule has 4 heterocycles. The first kappa shape index (κ1) is 15.1. The number of aromatic nitrogens is 3. The fourth-order valence-corrected chi connectivity index (χ4v) is 5.25. The summed E-state index contributed by atoms with van der Waals surface area (Å²) in [6, 6.07) is 4.18. The van der Waals surface area contributed by atoms with Crippen LogP contribution in [0.5, 0.6) is 5.88 Å². The van der Waals surface area contributed by atoms with Crippen molar-refractivity contribution in [3.05, 3.63) is 33.6 Å². The van der Waals surface area contributed by atoms with Gasteiger partial charge in [-0.15, -0.1) is 11.3 Å². The second-order valence-electron chi connectivity index (χ2n) is 5.87. The number of hydrogen-bond acceptors (Lipinski definition) is 7. The zero-order valence-corrected chi connectivity index (χ0v) is 14.5. The van der Waals surface area contributed by atoms with E-state index in [-0.39, 0.29) is 24.1 Å². The Kier molecular flexibility index (Phi) is 3.84.